The maximum atomic E-state index is 11.6. The molecule has 3 heteroatoms. The van der Waals surface area contributed by atoms with Crippen LogP contribution in [0.4, 0.5) is 0 Å². The second-order valence-corrected chi connectivity index (χ2v) is 4.70. The molecule has 3 nitrogen and oxygen atoms in total. The zero-order chi connectivity index (χ0) is 14.0. The van der Waals surface area contributed by atoms with Gasteiger partial charge in [0, 0.05) is 11.8 Å². The predicted octanol–water partition coefficient (Wildman–Crippen LogP) is 3.46. The molecule has 0 radical (unpaired) electrons. The lowest BCUT2D eigenvalue weighted by molar-refractivity contribution is 0.0600. The van der Waals surface area contributed by atoms with Crippen molar-refractivity contribution in [2.24, 2.45) is 0 Å². The fourth-order valence-corrected chi connectivity index (χ4v) is 2.40. The number of methoxy groups -OCH3 is 1. The van der Waals surface area contributed by atoms with Gasteiger partial charge in [0.2, 0.25) is 0 Å². The SMILES string of the molecule is COC(=O)c1ccnc(-c2c(C)cc(C)cc2C)c1. The van der Waals surface area contributed by atoms with Crippen molar-refractivity contribution in [1.82, 2.24) is 4.98 Å². The number of carbonyl (C=O) groups is 1. The van der Waals surface area contributed by atoms with Crippen LogP contribution in [0.5, 0.6) is 0 Å². The van der Waals surface area contributed by atoms with Crippen molar-refractivity contribution in [2.45, 2.75) is 20.8 Å². The molecule has 0 bridgehead atoms. The van der Waals surface area contributed by atoms with E-state index in [0.29, 0.717) is 5.56 Å². The predicted molar refractivity (Wildman–Crippen MR) is 75.2 cm³/mol. The third-order valence-electron chi connectivity index (χ3n) is 3.11. The van der Waals surface area contributed by atoms with Gasteiger partial charge in [-0.1, -0.05) is 17.7 Å². The third-order valence-corrected chi connectivity index (χ3v) is 3.11. The smallest absolute Gasteiger partial charge is 0.337 e. The summed E-state index contributed by atoms with van der Waals surface area (Å²) in [5.74, 6) is -0.342. The first-order chi connectivity index (χ1) is 9.02. The van der Waals surface area contributed by atoms with Crippen LogP contribution in [0.2, 0.25) is 0 Å². The Morgan fingerprint density at radius 3 is 2.32 bits per heavy atom. The van der Waals surface area contributed by atoms with Gasteiger partial charge >= 0.3 is 5.97 Å². The average molecular weight is 255 g/mol. The van der Waals surface area contributed by atoms with Crippen molar-refractivity contribution < 1.29 is 9.53 Å². The van der Waals surface area contributed by atoms with Crippen molar-refractivity contribution in [3.05, 3.63) is 52.7 Å². The molecule has 98 valence electrons. The zero-order valence-corrected chi connectivity index (χ0v) is 11.7. The monoisotopic (exact) mass is 255 g/mol. The van der Waals surface area contributed by atoms with E-state index in [1.165, 1.54) is 12.7 Å². The Morgan fingerprint density at radius 1 is 1.11 bits per heavy atom. The van der Waals surface area contributed by atoms with Crippen LogP contribution in [0.3, 0.4) is 0 Å². The van der Waals surface area contributed by atoms with Gasteiger partial charge in [0.05, 0.1) is 18.4 Å². The molecular weight excluding hydrogens is 238 g/mol. The molecule has 0 aliphatic carbocycles. The van der Waals surface area contributed by atoms with Crippen LogP contribution in [0.25, 0.3) is 11.3 Å². The van der Waals surface area contributed by atoms with Gasteiger partial charge in [-0.15, -0.1) is 0 Å². The van der Waals surface area contributed by atoms with Gasteiger partial charge in [-0.2, -0.15) is 0 Å². The summed E-state index contributed by atoms with van der Waals surface area (Å²) in [6.07, 6.45) is 1.64. The van der Waals surface area contributed by atoms with E-state index < -0.39 is 0 Å². The molecule has 0 fully saturated rings. The maximum absolute atomic E-state index is 11.6. The zero-order valence-electron chi connectivity index (χ0n) is 11.7. The summed E-state index contributed by atoms with van der Waals surface area (Å²) in [6.45, 7) is 6.19. The number of ether oxygens (including phenoxy) is 1. The van der Waals surface area contributed by atoms with Crippen molar-refractivity contribution in [3.8, 4) is 11.3 Å². The highest BCUT2D eigenvalue weighted by Crippen LogP contribution is 2.27. The highest BCUT2D eigenvalue weighted by molar-refractivity contribution is 5.90. The standard InChI is InChI=1S/C16H17NO2/c1-10-7-11(2)15(12(3)8-10)14-9-13(5-6-17-14)16(18)19-4/h5-9H,1-4H3. The lowest BCUT2D eigenvalue weighted by Gasteiger charge is -2.11. The molecule has 0 atom stereocenters. The van der Waals surface area contributed by atoms with E-state index in [4.69, 9.17) is 4.74 Å². The van der Waals surface area contributed by atoms with Crippen molar-refractivity contribution in [2.75, 3.05) is 7.11 Å². The number of benzene rings is 1. The van der Waals surface area contributed by atoms with Gasteiger partial charge in [0.25, 0.3) is 0 Å². The number of hydrogen-bond donors (Lipinski definition) is 0. The topological polar surface area (TPSA) is 39.2 Å². The van der Waals surface area contributed by atoms with E-state index in [0.717, 1.165) is 22.4 Å². The summed E-state index contributed by atoms with van der Waals surface area (Å²) in [6, 6.07) is 7.67. The van der Waals surface area contributed by atoms with Crippen LogP contribution in [-0.4, -0.2) is 18.1 Å². The molecule has 0 amide bonds. The molecule has 1 aromatic carbocycles. The largest absolute Gasteiger partial charge is 0.465 e. The number of carbonyl (C=O) groups excluding carboxylic acids is 1. The van der Waals surface area contributed by atoms with Crippen LogP contribution in [0.15, 0.2) is 30.5 Å². The van der Waals surface area contributed by atoms with Gasteiger partial charge < -0.3 is 4.74 Å². The molecule has 0 saturated carbocycles. The minimum Gasteiger partial charge on any atom is -0.465 e. The van der Waals surface area contributed by atoms with Gasteiger partial charge in [-0.25, -0.2) is 4.79 Å². The highest BCUT2D eigenvalue weighted by atomic mass is 16.5. The van der Waals surface area contributed by atoms with E-state index in [1.54, 1.807) is 18.3 Å². The molecule has 19 heavy (non-hydrogen) atoms. The number of aromatic nitrogens is 1. The highest BCUT2D eigenvalue weighted by Gasteiger charge is 2.11. The number of hydrogen-bond acceptors (Lipinski definition) is 3. The lowest BCUT2D eigenvalue weighted by Crippen LogP contribution is -2.02. The minimum absolute atomic E-state index is 0.342. The molecule has 0 unspecified atom stereocenters. The molecule has 0 spiro atoms. The second-order valence-electron chi connectivity index (χ2n) is 4.70. The average Bonchev–Trinajstić information content (AvgIpc) is 2.37. The van der Waals surface area contributed by atoms with Crippen molar-refractivity contribution >= 4 is 5.97 Å². The van der Waals surface area contributed by atoms with Gasteiger partial charge in [0.1, 0.15) is 0 Å². The number of nitrogens with zero attached hydrogens (tertiary/aromatic N) is 1. The summed E-state index contributed by atoms with van der Waals surface area (Å²) in [4.78, 5) is 15.9. The Kier molecular flexibility index (Phi) is 3.65. The first kappa shape index (κ1) is 13.3. The Morgan fingerprint density at radius 2 is 1.74 bits per heavy atom. The first-order valence-electron chi connectivity index (χ1n) is 6.15. The van der Waals surface area contributed by atoms with Crippen LogP contribution in [0, 0.1) is 20.8 Å². The molecule has 1 heterocycles. The fraction of sp³-hybridized carbons (Fsp3) is 0.250. The molecule has 0 saturated heterocycles. The van der Waals surface area contributed by atoms with E-state index >= 15 is 0 Å². The van der Waals surface area contributed by atoms with E-state index in [-0.39, 0.29) is 5.97 Å². The molecule has 0 aliphatic rings. The molecule has 1 aromatic heterocycles. The number of aryl methyl sites for hydroxylation is 3. The van der Waals surface area contributed by atoms with Crippen molar-refractivity contribution in [1.29, 1.82) is 0 Å². The number of pyridine rings is 1. The maximum Gasteiger partial charge on any atom is 0.337 e. The Balaban J connectivity index is 2.57. The lowest BCUT2D eigenvalue weighted by atomic mass is 9.96. The third kappa shape index (κ3) is 2.65. The van der Waals surface area contributed by atoms with E-state index in [1.807, 2.05) is 0 Å². The Bertz CT molecular complexity index is 609. The van der Waals surface area contributed by atoms with Gasteiger partial charge in [-0.3, -0.25) is 4.98 Å². The summed E-state index contributed by atoms with van der Waals surface area (Å²) in [7, 11) is 1.38. The van der Waals surface area contributed by atoms with Crippen molar-refractivity contribution in [3.63, 3.8) is 0 Å². The van der Waals surface area contributed by atoms with Crippen LogP contribution in [0.1, 0.15) is 27.0 Å². The molecule has 0 N–H and O–H groups in total. The van der Waals surface area contributed by atoms with Gasteiger partial charge in [0.15, 0.2) is 0 Å². The minimum atomic E-state index is -0.342. The fourth-order valence-electron chi connectivity index (χ4n) is 2.40. The molecular formula is C16H17NO2. The summed E-state index contributed by atoms with van der Waals surface area (Å²) < 4.78 is 4.74. The first-order valence-corrected chi connectivity index (χ1v) is 6.15. The van der Waals surface area contributed by atoms with Gasteiger partial charge in [-0.05, 0) is 44.0 Å². The normalized spacial score (nSPS) is 10.3. The number of esters is 1. The van der Waals surface area contributed by atoms with Crippen LogP contribution in [-0.2, 0) is 4.74 Å². The molecule has 2 aromatic rings. The Labute approximate surface area is 113 Å². The summed E-state index contributed by atoms with van der Waals surface area (Å²) >= 11 is 0. The van der Waals surface area contributed by atoms with Crippen LogP contribution < -0.4 is 0 Å². The Hall–Kier alpha value is -2.16. The summed E-state index contributed by atoms with van der Waals surface area (Å²) in [5.41, 5.74) is 5.95. The summed E-state index contributed by atoms with van der Waals surface area (Å²) in [5, 5.41) is 0. The molecule has 2 rings (SSSR count). The second kappa shape index (κ2) is 5.22. The number of rotatable bonds is 2. The molecule has 0 aliphatic heterocycles. The van der Waals surface area contributed by atoms with E-state index in [2.05, 4.69) is 37.9 Å². The van der Waals surface area contributed by atoms with Crippen LogP contribution >= 0.6 is 0 Å². The van der Waals surface area contributed by atoms with E-state index in [9.17, 15) is 4.79 Å². The quantitative estimate of drug-likeness (QED) is 0.771.